The first-order valence-electron chi connectivity index (χ1n) is 7.32. The quantitative estimate of drug-likeness (QED) is 0.476. The van der Waals surface area contributed by atoms with Crippen LogP contribution in [-0.4, -0.2) is 12.2 Å². The van der Waals surface area contributed by atoms with Gasteiger partial charge in [-0.05, 0) is 35.4 Å². The minimum Gasteiger partial charge on any atom is -0.200 e. The molecule has 0 unspecified atom stereocenters. The van der Waals surface area contributed by atoms with Crippen molar-refractivity contribution in [3.8, 4) is 12.3 Å². The van der Waals surface area contributed by atoms with Crippen molar-refractivity contribution in [3.05, 3.63) is 71.3 Å². The van der Waals surface area contributed by atoms with Crippen molar-refractivity contribution in [3.63, 3.8) is 0 Å². The largest absolute Gasteiger partial charge is 0.275 e. The maximum atomic E-state index is 5.58. The summed E-state index contributed by atoms with van der Waals surface area (Å²) in [5, 5.41) is 0. The Morgan fingerprint density at radius 1 is 1.14 bits per heavy atom. The number of rotatable bonds is 3. The van der Waals surface area contributed by atoms with Crippen molar-refractivity contribution in [2.24, 2.45) is 0 Å². The van der Waals surface area contributed by atoms with Crippen LogP contribution in [0.15, 0.2) is 49.1 Å². The Morgan fingerprint density at radius 3 is 2.45 bits per heavy atom. The fourth-order valence-corrected chi connectivity index (χ4v) is 3.86. The molecule has 2 heteroatoms. The molecule has 1 heterocycles. The standard InChI is InChI=1S/C20H17BS/c1-4-6-16-8-10-18-12-11-17-9-7-15(5-2)13-19(17)21(22-3)20(18)14-16/h2,4,7-14H,1,6H2,3H3. The van der Waals surface area contributed by atoms with Gasteiger partial charge < -0.3 is 0 Å². The lowest BCUT2D eigenvalue weighted by Crippen LogP contribution is -2.41. The van der Waals surface area contributed by atoms with E-state index in [9.17, 15) is 0 Å². The van der Waals surface area contributed by atoms with E-state index in [-0.39, 0.29) is 0 Å². The second kappa shape index (κ2) is 6.34. The van der Waals surface area contributed by atoms with Gasteiger partial charge in [0, 0.05) is 5.56 Å². The summed E-state index contributed by atoms with van der Waals surface area (Å²) in [6.07, 6.45) is 15.0. The second-order valence-corrected chi connectivity index (χ2v) is 6.34. The molecule has 0 spiro atoms. The zero-order valence-corrected chi connectivity index (χ0v) is 13.5. The predicted molar refractivity (Wildman–Crippen MR) is 102 cm³/mol. The highest BCUT2D eigenvalue weighted by atomic mass is 32.2. The summed E-state index contributed by atoms with van der Waals surface area (Å²) in [5.74, 6) is 3.05. The number of terminal acetylenes is 1. The molecule has 0 aromatic heterocycles. The molecule has 0 aliphatic carbocycles. The van der Waals surface area contributed by atoms with Crippen molar-refractivity contribution < 1.29 is 0 Å². The van der Waals surface area contributed by atoms with Crippen LogP contribution in [0.2, 0.25) is 0 Å². The van der Waals surface area contributed by atoms with E-state index in [0.717, 1.165) is 12.0 Å². The van der Waals surface area contributed by atoms with Gasteiger partial charge in [0.15, 0.2) is 0 Å². The Balaban J connectivity index is 2.19. The first kappa shape index (κ1) is 14.8. The van der Waals surface area contributed by atoms with E-state index >= 15 is 0 Å². The van der Waals surface area contributed by atoms with E-state index in [4.69, 9.17) is 6.42 Å². The summed E-state index contributed by atoms with van der Waals surface area (Å²) >= 11 is 1.86. The molecule has 3 rings (SSSR count). The number of hydrogen-bond donors (Lipinski definition) is 0. The van der Waals surface area contributed by atoms with Crippen LogP contribution in [0.5, 0.6) is 0 Å². The molecule has 22 heavy (non-hydrogen) atoms. The topological polar surface area (TPSA) is 0 Å². The average molecular weight is 300 g/mol. The molecule has 0 N–H and O–H groups in total. The summed E-state index contributed by atoms with van der Waals surface area (Å²) in [6.45, 7) is 3.84. The Labute approximate surface area is 137 Å². The van der Waals surface area contributed by atoms with Crippen molar-refractivity contribution in [1.82, 2.24) is 0 Å². The van der Waals surface area contributed by atoms with Crippen molar-refractivity contribution >= 4 is 40.7 Å². The zero-order chi connectivity index (χ0) is 15.5. The van der Waals surface area contributed by atoms with E-state index in [1.807, 2.05) is 23.8 Å². The van der Waals surface area contributed by atoms with Gasteiger partial charge in [-0.25, -0.2) is 11.6 Å². The molecule has 0 nitrogen and oxygen atoms in total. The highest BCUT2D eigenvalue weighted by molar-refractivity contribution is 8.27. The molecule has 0 fully saturated rings. The third kappa shape index (κ3) is 2.65. The summed E-state index contributed by atoms with van der Waals surface area (Å²) in [4.78, 5) is 0. The van der Waals surface area contributed by atoms with Crippen molar-refractivity contribution in [2.75, 3.05) is 6.26 Å². The lowest BCUT2D eigenvalue weighted by molar-refractivity contribution is 1.28. The number of hydrogen-bond acceptors (Lipinski definition) is 1. The molecule has 0 radical (unpaired) electrons. The Hall–Kier alpha value is -2.11. The first-order valence-corrected chi connectivity index (χ1v) is 8.60. The number of fused-ring (bicyclic) bond motifs is 2. The Kier molecular flexibility index (Phi) is 4.27. The van der Waals surface area contributed by atoms with E-state index in [1.165, 1.54) is 27.6 Å². The predicted octanol–water partition coefficient (Wildman–Crippen LogP) is 3.35. The molecule has 2 aromatic carbocycles. The summed E-state index contributed by atoms with van der Waals surface area (Å²) in [5.41, 5.74) is 7.44. The van der Waals surface area contributed by atoms with Crippen LogP contribution in [-0.2, 0) is 6.42 Å². The van der Waals surface area contributed by atoms with Gasteiger partial charge in [-0.1, -0.05) is 65.4 Å². The third-order valence-corrected chi connectivity index (χ3v) is 5.01. The van der Waals surface area contributed by atoms with Gasteiger partial charge in [-0.3, -0.25) is 0 Å². The minimum absolute atomic E-state index is 0.304. The van der Waals surface area contributed by atoms with Crippen molar-refractivity contribution in [1.29, 1.82) is 0 Å². The molecular weight excluding hydrogens is 283 g/mol. The molecule has 0 saturated carbocycles. The van der Waals surface area contributed by atoms with Crippen LogP contribution < -0.4 is 10.9 Å². The fourth-order valence-electron chi connectivity index (χ4n) is 2.94. The molecular formula is C20H17BS. The smallest absolute Gasteiger partial charge is 0.200 e. The highest BCUT2D eigenvalue weighted by Gasteiger charge is 2.25. The molecule has 0 bridgehead atoms. The van der Waals surface area contributed by atoms with Crippen LogP contribution in [0.3, 0.4) is 0 Å². The van der Waals surface area contributed by atoms with Gasteiger partial charge in [0.05, 0.1) is 0 Å². The molecule has 0 atom stereocenters. The maximum absolute atomic E-state index is 5.58. The summed E-state index contributed by atoms with van der Waals surface area (Å²) in [7, 11) is 0. The Morgan fingerprint density at radius 2 is 1.82 bits per heavy atom. The van der Waals surface area contributed by atoms with E-state index in [0.29, 0.717) is 5.99 Å². The normalized spacial score (nSPS) is 12.1. The monoisotopic (exact) mass is 300 g/mol. The van der Waals surface area contributed by atoms with Crippen LogP contribution >= 0.6 is 11.6 Å². The van der Waals surface area contributed by atoms with Crippen LogP contribution in [0.1, 0.15) is 22.3 Å². The second-order valence-electron chi connectivity index (χ2n) is 5.39. The number of allylic oxidation sites excluding steroid dienone is 1. The van der Waals surface area contributed by atoms with E-state index < -0.39 is 0 Å². The Bertz CT molecular complexity index is 796. The van der Waals surface area contributed by atoms with Crippen LogP contribution in [0.25, 0.3) is 12.2 Å². The molecule has 0 amide bonds. The molecule has 1 aliphatic heterocycles. The summed E-state index contributed by atoms with van der Waals surface area (Å²) in [6, 6.07) is 13.0. The van der Waals surface area contributed by atoms with Gasteiger partial charge in [-0.15, -0.1) is 13.0 Å². The van der Waals surface area contributed by atoms with E-state index in [2.05, 4.69) is 61.2 Å². The van der Waals surface area contributed by atoms with Crippen LogP contribution in [0, 0.1) is 12.3 Å². The van der Waals surface area contributed by atoms with Crippen LogP contribution in [0.4, 0.5) is 0 Å². The highest BCUT2D eigenvalue weighted by Crippen LogP contribution is 2.19. The first-order chi connectivity index (χ1) is 10.8. The lowest BCUT2D eigenvalue weighted by atomic mass is 9.59. The van der Waals surface area contributed by atoms with Gasteiger partial charge in [-0.2, -0.15) is 0 Å². The molecule has 106 valence electrons. The lowest BCUT2D eigenvalue weighted by Gasteiger charge is -2.16. The van der Waals surface area contributed by atoms with Gasteiger partial charge in [0.1, 0.15) is 0 Å². The molecule has 1 aliphatic rings. The fraction of sp³-hybridized carbons (Fsp3) is 0.100. The summed E-state index contributed by atoms with van der Waals surface area (Å²) < 4.78 is 0. The minimum atomic E-state index is 0.304. The van der Waals surface area contributed by atoms with E-state index in [1.54, 1.807) is 0 Å². The average Bonchev–Trinajstić information content (AvgIpc) is 2.70. The van der Waals surface area contributed by atoms with Gasteiger partial charge in [0.25, 0.3) is 5.99 Å². The molecule has 0 saturated heterocycles. The number of benzene rings is 2. The third-order valence-electron chi connectivity index (χ3n) is 4.03. The van der Waals surface area contributed by atoms with Gasteiger partial charge in [0.2, 0.25) is 0 Å². The SMILES string of the molecule is C#Cc1ccc2c(c1)B(SC)c1cc(CC=C)ccc1C=C2. The van der Waals surface area contributed by atoms with Crippen molar-refractivity contribution in [2.45, 2.75) is 6.42 Å². The molecule has 2 aromatic rings. The zero-order valence-electron chi connectivity index (χ0n) is 12.7. The van der Waals surface area contributed by atoms with Gasteiger partial charge >= 0.3 is 0 Å². The maximum Gasteiger partial charge on any atom is 0.275 e.